The average Bonchev–Trinajstić information content (AvgIpc) is 2.41. The average molecular weight is 177 g/mol. The Bertz CT molecular complexity index is 319. The normalized spacial score (nSPS) is 12.2. The second kappa shape index (κ2) is 3.99. The Morgan fingerprint density at radius 2 is 2.46 bits per heavy atom. The number of terminal acetylenes is 1. The van der Waals surface area contributed by atoms with E-state index in [-0.39, 0.29) is 6.04 Å². The van der Waals surface area contributed by atoms with Gasteiger partial charge in [0.2, 0.25) is 0 Å². The number of nitrogens with one attached hydrogen (secondary N) is 1. The van der Waals surface area contributed by atoms with E-state index in [4.69, 9.17) is 6.42 Å². The molecule has 3 heteroatoms. The molecular formula is C10H15N3. The quantitative estimate of drug-likeness (QED) is 0.710. The van der Waals surface area contributed by atoms with Gasteiger partial charge in [-0.15, -0.1) is 6.42 Å². The van der Waals surface area contributed by atoms with E-state index in [0.29, 0.717) is 0 Å². The Morgan fingerprint density at radius 3 is 2.85 bits per heavy atom. The van der Waals surface area contributed by atoms with Gasteiger partial charge in [-0.2, -0.15) is 5.10 Å². The van der Waals surface area contributed by atoms with Gasteiger partial charge in [-0.1, -0.05) is 12.8 Å². The molecule has 0 radical (unpaired) electrons. The number of anilines is 1. The van der Waals surface area contributed by atoms with Crippen LogP contribution in [0.15, 0.2) is 6.20 Å². The van der Waals surface area contributed by atoms with Crippen LogP contribution >= 0.6 is 0 Å². The summed E-state index contributed by atoms with van der Waals surface area (Å²) in [6.45, 7) is 4.02. The van der Waals surface area contributed by atoms with E-state index in [0.717, 1.165) is 17.8 Å². The number of hydrogen-bond donors (Lipinski definition) is 1. The van der Waals surface area contributed by atoms with E-state index < -0.39 is 0 Å². The Kier molecular flexibility index (Phi) is 2.97. The van der Waals surface area contributed by atoms with Gasteiger partial charge in [-0.05, 0) is 13.3 Å². The zero-order valence-corrected chi connectivity index (χ0v) is 8.33. The van der Waals surface area contributed by atoms with Crippen LogP contribution in [0.2, 0.25) is 0 Å². The second-order valence-corrected chi connectivity index (χ2v) is 3.07. The fraction of sp³-hybridized carbons (Fsp3) is 0.500. The van der Waals surface area contributed by atoms with E-state index in [1.807, 2.05) is 20.2 Å². The number of hydrogen-bond acceptors (Lipinski definition) is 2. The highest BCUT2D eigenvalue weighted by Gasteiger charge is 2.06. The van der Waals surface area contributed by atoms with Crippen molar-refractivity contribution in [1.29, 1.82) is 0 Å². The third-order valence-electron chi connectivity index (χ3n) is 1.95. The monoisotopic (exact) mass is 177 g/mol. The predicted molar refractivity (Wildman–Crippen MR) is 54.5 cm³/mol. The minimum absolute atomic E-state index is 0.0999. The van der Waals surface area contributed by atoms with Crippen molar-refractivity contribution in [3.05, 3.63) is 11.9 Å². The summed E-state index contributed by atoms with van der Waals surface area (Å²) in [4.78, 5) is 0. The number of rotatable bonds is 3. The lowest BCUT2D eigenvalue weighted by atomic mass is 10.2. The van der Waals surface area contributed by atoms with Crippen LogP contribution in [0, 0.1) is 19.3 Å². The molecule has 70 valence electrons. The minimum atomic E-state index is 0.0999. The molecule has 0 amide bonds. The van der Waals surface area contributed by atoms with Gasteiger partial charge in [0.05, 0.1) is 17.4 Å². The summed E-state index contributed by atoms with van der Waals surface area (Å²) in [6.07, 6.45) is 8.21. The lowest BCUT2D eigenvalue weighted by Crippen LogP contribution is -2.15. The summed E-state index contributed by atoms with van der Waals surface area (Å²) in [6, 6.07) is 0.0999. The Morgan fingerprint density at radius 1 is 1.77 bits per heavy atom. The van der Waals surface area contributed by atoms with Crippen LogP contribution in [0.25, 0.3) is 0 Å². The molecule has 0 saturated carbocycles. The van der Waals surface area contributed by atoms with Crippen molar-refractivity contribution in [2.24, 2.45) is 7.05 Å². The Balaban J connectivity index is 2.74. The maximum Gasteiger partial charge on any atom is 0.0872 e. The van der Waals surface area contributed by atoms with Crippen molar-refractivity contribution in [3.63, 3.8) is 0 Å². The summed E-state index contributed by atoms with van der Waals surface area (Å²) in [7, 11) is 1.90. The fourth-order valence-electron chi connectivity index (χ4n) is 1.19. The van der Waals surface area contributed by atoms with Crippen LogP contribution in [0.1, 0.15) is 19.0 Å². The number of aromatic nitrogens is 2. The first-order valence-corrected chi connectivity index (χ1v) is 4.40. The van der Waals surface area contributed by atoms with Crippen LogP contribution in [-0.2, 0) is 7.05 Å². The van der Waals surface area contributed by atoms with Crippen molar-refractivity contribution in [1.82, 2.24) is 9.78 Å². The van der Waals surface area contributed by atoms with Gasteiger partial charge in [0.25, 0.3) is 0 Å². The molecule has 1 aromatic rings. The zero-order valence-electron chi connectivity index (χ0n) is 8.33. The maximum atomic E-state index is 5.35. The summed E-state index contributed by atoms with van der Waals surface area (Å²) in [5.41, 5.74) is 2.00. The highest BCUT2D eigenvalue weighted by atomic mass is 15.3. The summed E-state index contributed by atoms with van der Waals surface area (Å²) in [5, 5.41) is 7.47. The molecule has 0 aliphatic rings. The van der Waals surface area contributed by atoms with Gasteiger partial charge in [0.1, 0.15) is 0 Å². The third-order valence-corrected chi connectivity index (χ3v) is 1.95. The van der Waals surface area contributed by atoms with Gasteiger partial charge in [-0.25, -0.2) is 0 Å². The Hall–Kier alpha value is -1.43. The van der Waals surface area contributed by atoms with E-state index in [1.54, 1.807) is 4.68 Å². The third kappa shape index (κ3) is 2.25. The molecule has 1 aromatic heterocycles. The van der Waals surface area contributed by atoms with Crippen LogP contribution in [0.4, 0.5) is 5.69 Å². The molecule has 3 nitrogen and oxygen atoms in total. The highest BCUT2D eigenvalue weighted by Crippen LogP contribution is 2.13. The van der Waals surface area contributed by atoms with Crippen molar-refractivity contribution in [2.75, 3.05) is 5.32 Å². The topological polar surface area (TPSA) is 29.9 Å². The van der Waals surface area contributed by atoms with Gasteiger partial charge >= 0.3 is 0 Å². The standard InChI is InChI=1S/C10H15N3/c1-5-9(6-2)11-10-7-13(4)12-8(10)3/h1,7,9,11H,6H2,2-4H3. The first kappa shape index (κ1) is 9.66. The van der Waals surface area contributed by atoms with Crippen LogP contribution in [0.5, 0.6) is 0 Å². The first-order chi connectivity index (χ1) is 6.17. The molecule has 1 unspecified atom stereocenters. The highest BCUT2D eigenvalue weighted by molar-refractivity contribution is 5.47. The summed E-state index contributed by atoms with van der Waals surface area (Å²) < 4.78 is 1.78. The van der Waals surface area contributed by atoms with E-state index in [9.17, 15) is 0 Å². The maximum absolute atomic E-state index is 5.35. The Labute approximate surface area is 79.1 Å². The molecule has 1 heterocycles. The summed E-state index contributed by atoms with van der Waals surface area (Å²) in [5.74, 6) is 2.69. The number of nitrogens with zero attached hydrogens (tertiary/aromatic N) is 2. The second-order valence-electron chi connectivity index (χ2n) is 3.07. The molecule has 1 atom stereocenters. The molecule has 13 heavy (non-hydrogen) atoms. The smallest absolute Gasteiger partial charge is 0.0872 e. The molecule has 0 bridgehead atoms. The molecular weight excluding hydrogens is 162 g/mol. The van der Waals surface area contributed by atoms with Crippen LogP contribution in [0.3, 0.4) is 0 Å². The van der Waals surface area contributed by atoms with E-state index in [1.165, 1.54) is 0 Å². The van der Waals surface area contributed by atoms with Gasteiger partial charge < -0.3 is 5.32 Å². The molecule has 1 N–H and O–H groups in total. The van der Waals surface area contributed by atoms with E-state index >= 15 is 0 Å². The predicted octanol–water partition coefficient (Wildman–Crippen LogP) is 1.55. The molecule has 0 saturated heterocycles. The lowest BCUT2D eigenvalue weighted by Gasteiger charge is -2.10. The first-order valence-electron chi connectivity index (χ1n) is 4.40. The minimum Gasteiger partial charge on any atom is -0.369 e. The molecule has 1 rings (SSSR count). The summed E-state index contributed by atoms with van der Waals surface area (Å²) >= 11 is 0. The van der Waals surface area contributed by atoms with Crippen molar-refractivity contribution < 1.29 is 0 Å². The molecule has 0 spiro atoms. The van der Waals surface area contributed by atoms with Gasteiger partial charge in [-0.3, -0.25) is 4.68 Å². The lowest BCUT2D eigenvalue weighted by molar-refractivity contribution is 0.756. The zero-order chi connectivity index (χ0) is 9.84. The van der Waals surface area contributed by atoms with Crippen molar-refractivity contribution >= 4 is 5.69 Å². The largest absolute Gasteiger partial charge is 0.369 e. The van der Waals surface area contributed by atoms with Gasteiger partial charge in [0, 0.05) is 13.2 Å². The molecule has 0 aliphatic heterocycles. The molecule has 0 aliphatic carbocycles. The molecule has 0 fully saturated rings. The number of aryl methyl sites for hydroxylation is 2. The van der Waals surface area contributed by atoms with Crippen molar-refractivity contribution in [2.45, 2.75) is 26.3 Å². The van der Waals surface area contributed by atoms with Crippen LogP contribution in [-0.4, -0.2) is 15.8 Å². The van der Waals surface area contributed by atoms with Crippen LogP contribution < -0.4 is 5.32 Å². The van der Waals surface area contributed by atoms with E-state index in [2.05, 4.69) is 23.3 Å². The fourth-order valence-corrected chi connectivity index (χ4v) is 1.19. The van der Waals surface area contributed by atoms with Gasteiger partial charge in [0.15, 0.2) is 0 Å². The SMILES string of the molecule is C#CC(CC)Nc1cn(C)nc1C. The molecule has 0 aromatic carbocycles. The van der Waals surface area contributed by atoms with Crippen molar-refractivity contribution in [3.8, 4) is 12.3 Å².